The molecule has 26 heavy (non-hydrogen) atoms. The van der Waals surface area contributed by atoms with Gasteiger partial charge in [-0.2, -0.15) is 5.10 Å². The third-order valence-corrected chi connectivity index (χ3v) is 3.78. The number of imidazole rings is 1. The highest BCUT2D eigenvalue weighted by Gasteiger charge is 2.15. The van der Waals surface area contributed by atoms with E-state index < -0.39 is 23.0 Å². The van der Waals surface area contributed by atoms with Gasteiger partial charge < -0.3 is 4.57 Å². The summed E-state index contributed by atoms with van der Waals surface area (Å²) < 4.78 is 16.6. The third kappa shape index (κ3) is 3.16. The van der Waals surface area contributed by atoms with Gasteiger partial charge in [-0.3, -0.25) is 18.7 Å². The van der Waals surface area contributed by atoms with Gasteiger partial charge in [0.2, 0.25) is 0 Å². The Morgan fingerprint density at radius 3 is 2.81 bits per heavy atom. The van der Waals surface area contributed by atoms with Crippen molar-refractivity contribution in [2.75, 3.05) is 0 Å². The lowest BCUT2D eigenvalue weighted by molar-refractivity contribution is -0.121. The van der Waals surface area contributed by atoms with E-state index in [1.807, 2.05) is 0 Å². The number of aryl methyl sites for hydroxylation is 1. The first kappa shape index (κ1) is 17.3. The van der Waals surface area contributed by atoms with Gasteiger partial charge in [0.05, 0.1) is 12.5 Å². The predicted octanol–water partition coefficient (Wildman–Crippen LogP) is -0.277. The van der Waals surface area contributed by atoms with Gasteiger partial charge in [-0.15, -0.1) is 0 Å². The molecule has 0 aliphatic heterocycles. The van der Waals surface area contributed by atoms with Crippen LogP contribution in [0.25, 0.3) is 11.2 Å². The van der Waals surface area contributed by atoms with Crippen LogP contribution in [0.15, 0.2) is 45.3 Å². The van der Waals surface area contributed by atoms with E-state index in [9.17, 15) is 18.8 Å². The molecular weight excluding hydrogens is 343 g/mol. The molecule has 3 rings (SSSR count). The summed E-state index contributed by atoms with van der Waals surface area (Å²) in [5.74, 6) is -0.917. The summed E-state index contributed by atoms with van der Waals surface area (Å²) in [7, 11) is 2.84. The molecule has 0 spiro atoms. The highest BCUT2D eigenvalue weighted by atomic mass is 19.1. The van der Waals surface area contributed by atoms with Gasteiger partial charge in [-0.25, -0.2) is 19.6 Å². The van der Waals surface area contributed by atoms with Gasteiger partial charge in [-0.1, -0.05) is 12.1 Å². The molecule has 1 aromatic carbocycles. The van der Waals surface area contributed by atoms with Crippen molar-refractivity contribution in [2.45, 2.75) is 6.54 Å². The van der Waals surface area contributed by atoms with Crippen LogP contribution in [0.1, 0.15) is 5.56 Å². The first-order chi connectivity index (χ1) is 12.4. The minimum absolute atomic E-state index is 0.138. The van der Waals surface area contributed by atoms with E-state index >= 15 is 0 Å². The van der Waals surface area contributed by atoms with Gasteiger partial charge in [0, 0.05) is 14.1 Å². The maximum absolute atomic E-state index is 13.1. The largest absolute Gasteiger partial charge is 0.332 e. The molecule has 1 amide bonds. The summed E-state index contributed by atoms with van der Waals surface area (Å²) in [5.41, 5.74) is 2.06. The Kier molecular flexibility index (Phi) is 4.48. The molecule has 10 heteroatoms. The van der Waals surface area contributed by atoms with Crippen molar-refractivity contribution in [3.05, 3.63) is 62.8 Å². The number of halogens is 1. The summed E-state index contributed by atoms with van der Waals surface area (Å²) in [6, 6.07) is 5.72. The molecule has 1 N–H and O–H groups in total. The number of amides is 1. The number of hydrogen-bond acceptors (Lipinski definition) is 5. The molecule has 0 aliphatic carbocycles. The molecule has 0 aliphatic rings. The van der Waals surface area contributed by atoms with Crippen molar-refractivity contribution in [1.82, 2.24) is 24.1 Å². The first-order valence-electron chi connectivity index (χ1n) is 7.57. The third-order valence-electron chi connectivity index (χ3n) is 3.78. The lowest BCUT2D eigenvalue weighted by Gasteiger charge is -2.05. The molecule has 0 saturated heterocycles. The normalized spacial score (nSPS) is 11.3. The summed E-state index contributed by atoms with van der Waals surface area (Å²) in [6.07, 6.45) is 2.61. The minimum atomic E-state index is -0.545. The van der Waals surface area contributed by atoms with Crippen molar-refractivity contribution in [2.24, 2.45) is 19.2 Å². The molecule has 0 fully saturated rings. The standard InChI is InChI=1S/C16H15FN6O3/c1-21-14-13(15(25)22(2)16(21)26)23(9-18-14)8-12(24)20-19-7-10-4-3-5-11(17)6-10/h3-7,9H,8H2,1-2H3,(H,20,24)/b19-7-. The number of nitrogens with zero attached hydrogens (tertiary/aromatic N) is 5. The molecule has 9 nitrogen and oxygen atoms in total. The molecule has 0 unspecified atom stereocenters. The van der Waals surface area contributed by atoms with E-state index in [4.69, 9.17) is 0 Å². The molecule has 0 saturated carbocycles. The fraction of sp³-hybridized carbons (Fsp3) is 0.188. The Balaban J connectivity index is 1.80. The summed E-state index contributed by atoms with van der Waals surface area (Å²) >= 11 is 0. The molecule has 134 valence electrons. The van der Waals surface area contributed by atoms with Crippen molar-refractivity contribution in [3.63, 3.8) is 0 Å². The van der Waals surface area contributed by atoms with Gasteiger partial charge in [-0.05, 0) is 17.7 Å². The van der Waals surface area contributed by atoms with Crippen LogP contribution in [-0.2, 0) is 25.4 Å². The van der Waals surface area contributed by atoms with Crippen molar-refractivity contribution in [1.29, 1.82) is 0 Å². The average Bonchev–Trinajstić information content (AvgIpc) is 3.02. The van der Waals surface area contributed by atoms with Crippen molar-refractivity contribution < 1.29 is 9.18 Å². The van der Waals surface area contributed by atoms with Crippen LogP contribution in [-0.4, -0.2) is 30.8 Å². The molecular formula is C16H15FN6O3. The number of carbonyl (C=O) groups is 1. The number of fused-ring (bicyclic) bond motifs is 1. The van der Waals surface area contributed by atoms with Crippen LogP contribution in [0.3, 0.4) is 0 Å². The van der Waals surface area contributed by atoms with E-state index in [1.54, 1.807) is 6.07 Å². The number of carbonyl (C=O) groups excluding carboxylic acids is 1. The van der Waals surface area contributed by atoms with Crippen LogP contribution < -0.4 is 16.7 Å². The Hall–Kier alpha value is -3.56. The smallest absolute Gasteiger partial charge is 0.315 e. The number of nitrogens with one attached hydrogen (secondary N) is 1. The first-order valence-corrected chi connectivity index (χ1v) is 7.57. The van der Waals surface area contributed by atoms with Gasteiger partial charge in [0.25, 0.3) is 11.5 Å². The lowest BCUT2D eigenvalue weighted by atomic mass is 10.2. The number of hydrazone groups is 1. The molecule has 0 radical (unpaired) electrons. The maximum atomic E-state index is 13.1. The van der Waals surface area contributed by atoms with E-state index in [-0.39, 0.29) is 17.7 Å². The second-order valence-electron chi connectivity index (χ2n) is 5.60. The zero-order chi connectivity index (χ0) is 18.8. The Morgan fingerprint density at radius 2 is 2.08 bits per heavy atom. The van der Waals surface area contributed by atoms with Crippen LogP contribution in [0, 0.1) is 5.82 Å². The second-order valence-corrected chi connectivity index (χ2v) is 5.60. The zero-order valence-corrected chi connectivity index (χ0v) is 14.0. The SMILES string of the molecule is Cn1c(=O)c2c(ncn2CC(=O)N/N=C\c2cccc(F)c2)n(C)c1=O. The highest BCUT2D eigenvalue weighted by molar-refractivity contribution is 5.83. The Morgan fingerprint density at radius 1 is 1.31 bits per heavy atom. The second kappa shape index (κ2) is 6.75. The monoisotopic (exact) mass is 358 g/mol. The van der Waals surface area contributed by atoms with Crippen LogP contribution >= 0.6 is 0 Å². The van der Waals surface area contributed by atoms with Crippen LogP contribution in [0.5, 0.6) is 0 Å². The van der Waals surface area contributed by atoms with Crippen molar-refractivity contribution >= 4 is 23.3 Å². The molecule has 0 bridgehead atoms. The van der Waals surface area contributed by atoms with Crippen molar-refractivity contribution in [3.8, 4) is 0 Å². The minimum Gasteiger partial charge on any atom is -0.315 e. The summed E-state index contributed by atoms with van der Waals surface area (Å²) in [4.78, 5) is 40.2. The Labute approximate surface area is 146 Å². The topological polar surface area (TPSA) is 103 Å². The molecule has 3 aromatic rings. The van der Waals surface area contributed by atoms with Crippen LogP contribution in [0.4, 0.5) is 4.39 Å². The number of hydrogen-bond donors (Lipinski definition) is 1. The predicted molar refractivity (Wildman–Crippen MR) is 92.4 cm³/mol. The zero-order valence-electron chi connectivity index (χ0n) is 14.0. The molecule has 2 heterocycles. The fourth-order valence-corrected chi connectivity index (χ4v) is 2.47. The average molecular weight is 358 g/mol. The molecule has 2 aromatic heterocycles. The van der Waals surface area contributed by atoms with E-state index in [2.05, 4.69) is 15.5 Å². The summed E-state index contributed by atoms with van der Waals surface area (Å²) in [6.45, 7) is -0.218. The van der Waals surface area contributed by atoms with Gasteiger partial charge in [0.1, 0.15) is 12.4 Å². The fourth-order valence-electron chi connectivity index (χ4n) is 2.47. The van der Waals surface area contributed by atoms with E-state index in [0.29, 0.717) is 5.56 Å². The summed E-state index contributed by atoms with van der Waals surface area (Å²) in [5, 5.41) is 3.75. The number of rotatable bonds is 4. The van der Waals surface area contributed by atoms with Gasteiger partial charge >= 0.3 is 5.69 Å². The lowest BCUT2D eigenvalue weighted by Crippen LogP contribution is -2.38. The van der Waals surface area contributed by atoms with Crippen LogP contribution in [0.2, 0.25) is 0 Å². The number of benzene rings is 1. The van der Waals surface area contributed by atoms with E-state index in [1.165, 1.54) is 54.0 Å². The highest BCUT2D eigenvalue weighted by Crippen LogP contribution is 2.05. The van der Waals surface area contributed by atoms with Gasteiger partial charge in [0.15, 0.2) is 11.2 Å². The maximum Gasteiger partial charge on any atom is 0.332 e. The quantitative estimate of drug-likeness (QED) is 0.512. The van der Waals surface area contributed by atoms with E-state index in [0.717, 1.165) is 4.57 Å². The number of aromatic nitrogens is 4. The Bertz CT molecular complexity index is 1140. The molecule has 0 atom stereocenters.